The number of hydrogen-bond acceptors (Lipinski definition) is 6. The van der Waals surface area contributed by atoms with Gasteiger partial charge in [0, 0.05) is 6.54 Å². The first-order chi connectivity index (χ1) is 12.8. The summed E-state index contributed by atoms with van der Waals surface area (Å²) in [4.78, 5) is 35.9. The molecule has 0 aliphatic carbocycles. The molecule has 28 heavy (non-hydrogen) atoms. The molecule has 0 saturated heterocycles. The van der Waals surface area contributed by atoms with Crippen molar-refractivity contribution in [3.63, 3.8) is 0 Å². The fourth-order valence-electron chi connectivity index (χ4n) is 2.01. The van der Waals surface area contributed by atoms with E-state index in [0.29, 0.717) is 0 Å². The van der Waals surface area contributed by atoms with Gasteiger partial charge in [-0.2, -0.15) is 0 Å². The van der Waals surface area contributed by atoms with Crippen LogP contribution < -0.4 is 16.3 Å². The molecule has 0 aromatic heterocycles. The van der Waals surface area contributed by atoms with Gasteiger partial charge in [0.15, 0.2) is 0 Å². The van der Waals surface area contributed by atoms with Crippen LogP contribution in [0.5, 0.6) is 0 Å². The SMILES string of the molecule is CC(C)(C)OC(=O)NNC(=O)CN(Cc1ccccc1)NC(=O)OC(C)(C)C. The molecule has 0 aliphatic heterocycles. The largest absolute Gasteiger partial charge is 0.443 e. The number of ether oxygens (including phenoxy) is 2. The predicted molar refractivity (Wildman–Crippen MR) is 104 cm³/mol. The Bertz CT molecular complexity index is 665. The highest BCUT2D eigenvalue weighted by molar-refractivity contribution is 5.81. The van der Waals surface area contributed by atoms with Gasteiger partial charge in [0.2, 0.25) is 0 Å². The fraction of sp³-hybridized carbons (Fsp3) is 0.526. The number of nitrogens with zero attached hydrogens (tertiary/aromatic N) is 1. The van der Waals surface area contributed by atoms with Crippen molar-refractivity contribution in [1.82, 2.24) is 21.3 Å². The van der Waals surface area contributed by atoms with Crippen LogP contribution in [0.15, 0.2) is 30.3 Å². The molecule has 1 rings (SSSR count). The van der Waals surface area contributed by atoms with Gasteiger partial charge in [0.05, 0.1) is 6.54 Å². The van der Waals surface area contributed by atoms with Crippen molar-refractivity contribution in [3.8, 4) is 0 Å². The van der Waals surface area contributed by atoms with Gasteiger partial charge in [0.1, 0.15) is 11.2 Å². The Balaban J connectivity index is 2.66. The lowest BCUT2D eigenvalue weighted by Crippen LogP contribution is -2.52. The molecule has 0 fully saturated rings. The third kappa shape index (κ3) is 11.0. The van der Waals surface area contributed by atoms with Crippen LogP contribution in [0, 0.1) is 0 Å². The molecule has 0 unspecified atom stereocenters. The predicted octanol–water partition coefficient (Wildman–Crippen LogP) is 2.48. The van der Waals surface area contributed by atoms with E-state index in [9.17, 15) is 14.4 Å². The monoisotopic (exact) mass is 394 g/mol. The Labute approximate surface area is 165 Å². The highest BCUT2D eigenvalue weighted by atomic mass is 16.6. The fourth-order valence-corrected chi connectivity index (χ4v) is 2.01. The third-order valence-corrected chi connectivity index (χ3v) is 2.90. The second-order valence-electron chi connectivity index (χ2n) is 8.13. The van der Waals surface area contributed by atoms with Gasteiger partial charge in [-0.15, -0.1) is 0 Å². The number of nitrogens with one attached hydrogen (secondary N) is 3. The van der Waals surface area contributed by atoms with E-state index in [-0.39, 0.29) is 13.1 Å². The summed E-state index contributed by atoms with van der Waals surface area (Å²) in [6, 6.07) is 9.30. The maximum absolute atomic E-state index is 12.2. The van der Waals surface area contributed by atoms with Crippen molar-refractivity contribution in [2.75, 3.05) is 6.54 Å². The second-order valence-corrected chi connectivity index (χ2v) is 8.13. The Morgan fingerprint density at radius 3 is 1.93 bits per heavy atom. The molecule has 156 valence electrons. The van der Waals surface area contributed by atoms with Crippen LogP contribution in [0.25, 0.3) is 0 Å². The van der Waals surface area contributed by atoms with E-state index in [1.54, 1.807) is 41.5 Å². The molecular weight excluding hydrogens is 364 g/mol. The maximum Gasteiger partial charge on any atom is 0.426 e. The summed E-state index contributed by atoms with van der Waals surface area (Å²) >= 11 is 0. The van der Waals surface area contributed by atoms with Gasteiger partial charge in [-0.25, -0.2) is 20.0 Å². The van der Waals surface area contributed by atoms with E-state index in [4.69, 9.17) is 9.47 Å². The highest BCUT2D eigenvalue weighted by Gasteiger charge is 2.21. The van der Waals surface area contributed by atoms with Crippen molar-refractivity contribution in [3.05, 3.63) is 35.9 Å². The smallest absolute Gasteiger partial charge is 0.426 e. The van der Waals surface area contributed by atoms with Gasteiger partial charge in [-0.3, -0.25) is 15.6 Å². The van der Waals surface area contributed by atoms with Gasteiger partial charge < -0.3 is 9.47 Å². The molecule has 9 nitrogen and oxygen atoms in total. The van der Waals surface area contributed by atoms with Crippen LogP contribution in [0.4, 0.5) is 9.59 Å². The summed E-state index contributed by atoms with van der Waals surface area (Å²) in [7, 11) is 0. The van der Waals surface area contributed by atoms with Gasteiger partial charge >= 0.3 is 12.2 Å². The highest BCUT2D eigenvalue weighted by Crippen LogP contribution is 2.08. The number of hydrazine groups is 2. The molecule has 1 aromatic rings. The lowest BCUT2D eigenvalue weighted by molar-refractivity contribution is -0.124. The minimum atomic E-state index is -0.782. The molecule has 3 N–H and O–H groups in total. The van der Waals surface area contributed by atoms with Crippen LogP contribution in [0.3, 0.4) is 0 Å². The average molecular weight is 394 g/mol. The molecule has 0 saturated carbocycles. The molecule has 0 aliphatic rings. The third-order valence-electron chi connectivity index (χ3n) is 2.90. The summed E-state index contributed by atoms with van der Waals surface area (Å²) in [5.41, 5.74) is 6.48. The van der Waals surface area contributed by atoms with E-state index in [2.05, 4.69) is 16.3 Å². The molecule has 3 amide bonds. The van der Waals surface area contributed by atoms with Crippen LogP contribution in [0.1, 0.15) is 47.1 Å². The van der Waals surface area contributed by atoms with Gasteiger partial charge in [-0.05, 0) is 47.1 Å². The van der Waals surface area contributed by atoms with E-state index >= 15 is 0 Å². The number of benzene rings is 1. The molecule has 1 aromatic carbocycles. The van der Waals surface area contributed by atoms with Crippen LogP contribution in [0.2, 0.25) is 0 Å². The molecule has 9 heteroatoms. The Kier molecular flexibility index (Phi) is 8.24. The van der Waals surface area contributed by atoms with Crippen LogP contribution in [-0.2, 0) is 20.8 Å². The Morgan fingerprint density at radius 2 is 1.39 bits per heavy atom. The summed E-state index contributed by atoms with van der Waals surface area (Å²) in [6.07, 6.45) is -1.47. The second kappa shape index (κ2) is 9.93. The van der Waals surface area contributed by atoms with Crippen molar-refractivity contribution >= 4 is 18.1 Å². The summed E-state index contributed by atoms with van der Waals surface area (Å²) in [5.74, 6) is -0.544. The molecule has 0 bridgehead atoms. The first-order valence-electron chi connectivity index (χ1n) is 8.90. The van der Waals surface area contributed by atoms with Crippen molar-refractivity contribution < 1.29 is 23.9 Å². The van der Waals surface area contributed by atoms with Crippen molar-refractivity contribution in [2.45, 2.75) is 59.3 Å². The van der Waals surface area contributed by atoms with Crippen LogP contribution >= 0.6 is 0 Å². The summed E-state index contributed by atoms with van der Waals surface area (Å²) in [6.45, 7) is 10.4. The zero-order chi connectivity index (χ0) is 21.4. The quantitative estimate of drug-likeness (QED) is 0.662. The molecule has 0 heterocycles. The lowest BCUT2D eigenvalue weighted by Gasteiger charge is -2.26. The zero-order valence-corrected chi connectivity index (χ0v) is 17.3. The number of rotatable bonds is 5. The van der Waals surface area contributed by atoms with Crippen molar-refractivity contribution in [1.29, 1.82) is 0 Å². The van der Waals surface area contributed by atoms with E-state index in [1.165, 1.54) is 5.01 Å². The van der Waals surface area contributed by atoms with Gasteiger partial charge in [0.25, 0.3) is 5.91 Å². The van der Waals surface area contributed by atoms with E-state index < -0.39 is 29.3 Å². The number of carbonyl (C=O) groups is 3. The molecule has 0 radical (unpaired) electrons. The normalized spacial score (nSPS) is 11.5. The number of carbonyl (C=O) groups excluding carboxylic acids is 3. The Morgan fingerprint density at radius 1 is 0.857 bits per heavy atom. The number of hydrogen-bond donors (Lipinski definition) is 3. The van der Waals surface area contributed by atoms with Crippen molar-refractivity contribution in [2.24, 2.45) is 0 Å². The van der Waals surface area contributed by atoms with E-state index in [1.807, 2.05) is 30.3 Å². The maximum atomic E-state index is 12.2. The average Bonchev–Trinajstić information content (AvgIpc) is 2.50. The van der Waals surface area contributed by atoms with Gasteiger partial charge in [-0.1, -0.05) is 30.3 Å². The minimum absolute atomic E-state index is 0.218. The minimum Gasteiger partial charge on any atom is -0.443 e. The Hall–Kier alpha value is -2.81. The molecular formula is C19H30N4O5. The molecule has 0 spiro atoms. The summed E-state index contributed by atoms with van der Waals surface area (Å²) < 4.78 is 10.3. The number of amides is 3. The molecule has 0 atom stereocenters. The first kappa shape index (κ1) is 23.2. The lowest BCUT2D eigenvalue weighted by atomic mass is 10.2. The first-order valence-corrected chi connectivity index (χ1v) is 8.90. The topological polar surface area (TPSA) is 109 Å². The standard InChI is InChI=1S/C19H30N4O5/c1-18(2,3)27-16(25)21-20-15(24)13-23(12-14-10-8-7-9-11-14)22-17(26)28-19(4,5)6/h7-11H,12-13H2,1-6H3,(H,20,24)(H,21,25)(H,22,26). The zero-order valence-electron chi connectivity index (χ0n) is 17.3. The summed E-state index contributed by atoms with van der Waals surface area (Å²) in [5, 5.41) is 1.38. The van der Waals surface area contributed by atoms with E-state index in [0.717, 1.165) is 5.56 Å². The van der Waals surface area contributed by atoms with Crippen LogP contribution in [-0.4, -0.2) is 40.8 Å².